The number of carbonyl (C=O) groups excluding carboxylic acids is 1. The Bertz CT molecular complexity index is 768. The maximum atomic E-state index is 13.0. The Morgan fingerprint density at radius 3 is 2.65 bits per heavy atom. The first-order chi connectivity index (χ1) is 12.7. The number of benzene rings is 2. The zero-order valence-corrected chi connectivity index (χ0v) is 15.7. The summed E-state index contributed by atoms with van der Waals surface area (Å²) >= 11 is 0. The molecule has 2 aliphatic heterocycles. The maximum absolute atomic E-state index is 13.0. The summed E-state index contributed by atoms with van der Waals surface area (Å²) in [7, 11) is 0. The Kier molecular flexibility index (Phi) is 5.07. The van der Waals surface area contributed by atoms with Gasteiger partial charge in [0.2, 0.25) is 0 Å². The number of hydrogen-bond donors (Lipinski definition) is 0. The van der Waals surface area contributed by atoms with E-state index < -0.39 is 0 Å². The van der Waals surface area contributed by atoms with Gasteiger partial charge in [0.25, 0.3) is 5.91 Å². The van der Waals surface area contributed by atoms with Gasteiger partial charge >= 0.3 is 0 Å². The zero-order chi connectivity index (χ0) is 17.9. The molecule has 1 fully saturated rings. The predicted octanol–water partition coefficient (Wildman–Crippen LogP) is 4.51. The van der Waals surface area contributed by atoms with Gasteiger partial charge in [-0.15, -0.1) is 0 Å². The number of nitrogens with zero attached hydrogens (tertiary/aromatic N) is 2. The number of piperidine rings is 1. The second kappa shape index (κ2) is 7.63. The predicted molar refractivity (Wildman–Crippen MR) is 107 cm³/mol. The van der Waals surface area contributed by atoms with Crippen LogP contribution in [0.3, 0.4) is 0 Å². The van der Waals surface area contributed by atoms with Gasteiger partial charge in [-0.25, -0.2) is 0 Å². The van der Waals surface area contributed by atoms with Crippen LogP contribution in [0.5, 0.6) is 0 Å². The summed E-state index contributed by atoms with van der Waals surface area (Å²) in [6.07, 6.45) is 4.74. The summed E-state index contributed by atoms with van der Waals surface area (Å²) in [6.45, 7) is 6.51. The highest BCUT2D eigenvalue weighted by atomic mass is 16.2. The van der Waals surface area contributed by atoms with Gasteiger partial charge in [-0.05, 0) is 67.5 Å². The van der Waals surface area contributed by atoms with Crippen molar-refractivity contribution in [2.75, 3.05) is 24.5 Å². The molecule has 2 heterocycles. The van der Waals surface area contributed by atoms with Crippen molar-refractivity contribution < 1.29 is 4.79 Å². The second-order valence-corrected chi connectivity index (χ2v) is 7.87. The first-order valence-corrected chi connectivity index (χ1v) is 9.92. The van der Waals surface area contributed by atoms with Crippen LogP contribution in [0.2, 0.25) is 0 Å². The molecule has 0 saturated carbocycles. The lowest BCUT2D eigenvalue weighted by molar-refractivity contribution is 0.0985. The monoisotopic (exact) mass is 348 g/mol. The van der Waals surface area contributed by atoms with E-state index in [0.29, 0.717) is 0 Å². The molecule has 0 N–H and O–H groups in total. The molecule has 1 amide bonds. The van der Waals surface area contributed by atoms with Crippen LogP contribution in [0.1, 0.15) is 47.7 Å². The number of aryl methyl sites for hydroxylation is 1. The molecule has 1 saturated heterocycles. The van der Waals surface area contributed by atoms with E-state index in [2.05, 4.69) is 42.2 Å². The molecule has 0 spiro atoms. The number of para-hydroxylation sites is 1. The van der Waals surface area contributed by atoms with Crippen LogP contribution in [0.4, 0.5) is 5.69 Å². The molecule has 2 aromatic carbocycles. The number of amides is 1. The lowest BCUT2D eigenvalue weighted by Gasteiger charge is -2.31. The molecule has 0 bridgehead atoms. The van der Waals surface area contributed by atoms with Crippen LogP contribution < -0.4 is 4.90 Å². The van der Waals surface area contributed by atoms with Crippen LogP contribution >= 0.6 is 0 Å². The van der Waals surface area contributed by atoms with E-state index in [9.17, 15) is 4.79 Å². The number of carbonyl (C=O) groups is 1. The van der Waals surface area contributed by atoms with Crippen molar-refractivity contribution in [3.05, 3.63) is 65.2 Å². The third kappa shape index (κ3) is 3.68. The first-order valence-electron chi connectivity index (χ1n) is 9.92. The molecule has 2 aromatic rings. The van der Waals surface area contributed by atoms with Crippen LogP contribution in [0.25, 0.3) is 0 Å². The van der Waals surface area contributed by atoms with E-state index in [4.69, 9.17) is 0 Å². The minimum absolute atomic E-state index is 0.121. The number of fused-ring (bicyclic) bond motifs is 1. The largest absolute Gasteiger partial charge is 0.308 e. The van der Waals surface area contributed by atoms with Crippen molar-refractivity contribution in [3.8, 4) is 0 Å². The summed E-state index contributed by atoms with van der Waals surface area (Å²) in [5.41, 5.74) is 4.45. The molecular formula is C23H28N2O. The number of rotatable bonds is 3. The van der Waals surface area contributed by atoms with Gasteiger partial charge in [-0.2, -0.15) is 0 Å². The van der Waals surface area contributed by atoms with E-state index in [1.807, 2.05) is 23.1 Å². The summed E-state index contributed by atoms with van der Waals surface area (Å²) in [5.74, 6) is 0.916. The number of hydrogen-bond acceptors (Lipinski definition) is 2. The fourth-order valence-electron chi connectivity index (χ4n) is 4.34. The maximum Gasteiger partial charge on any atom is 0.258 e. The van der Waals surface area contributed by atoms with Gasteiger partial charge in [0, 0.05) is 30.9 Å². The highest BCUT2D eigenvalue weighted by molar-refractivity contribution is 6.06. The normalized spacial score (nSPS) is 20.7. The molecule has 0 aromatic heterocycles. The smallest absolute Gasteiger partial charge is 0.258 e. The van der Waals surface area contributed by atoms with Gasteiger partial charge < -0.3 is 4.90 Å². The molecule has 1 unspecified atom stereocenters. The third-order valence-corrected chi connectivity index (χ3v) is 5.70. The van der Waals surface area contributed by atoms with E-state index in [0.717, 1.165) is 43.1 Å². The molecule has 0 radical (unpaired) electrons. The van der Waals surface area contributed by atoms with E-state index in [1.165, 1.54) is 37.1 Å². The van der Waals surface area contributed by atoms with Crippen molar-refractivity contribution >= 4 is 11.6 Å². The zero-order valence-electron chi connectivity index (χ0n) is 15.7. The minimum Gasteiger partial charge on any atom is -0.308 e. The summed E-state index contributed by atoms with van der Waals surface area (Å²) < 4.78 is 0. The van der Waals surface area contributed by atoms with Gasteiger partial charge in [-0.3, -0.25) is 9.69 Å². The van der Waals surface area contributed by atoms with E-state index in [1.54, 1.807) is 0 Å². The van der Waals surface area contributed by atoms with Crippen LogP contribution in [-0.4, -0.2) is 30.4 Å². The fourth-order valence-corrected chi connectivity index (χ4v) is 4.34. The average Bonchev–Trinajstić information content (AvgIpc) is 2.68. The van der Waals surface area contributed by atoms with Crippen molar-refractivity contribution in [3.63, 3.8) is 0 Å². The summed E-state index contributed by atoms with van der Waals surface area (Å²) in [5, 5.41) is 0. The van der Waals surface area contributed by atoms with Crippen LogP contribution in [0, 0.1) is 5.92 Å². The quantitative estimate of drug-likeness (QED) is 0.815. The number of anilines is 1. The minimum atomic E-state index is 0.121. The molecule has 3 heteroatoms. The van der Waals surface area contributed by atoms with Crippen LogP contribution in [-0.2, 0) is 13.0 Å². The Labute approximate surface area is 156 Å². The lowest BCUT2D eigenvalue weighted by atomic mass is 9.99. The molecule has 2 aliphatic rings. The average molecular weight is 348 g/mol. The Balaban J connectivity index is 1.46. The van der Waals surface area contributed by atoms with Crippen molar-refractivity contribution in [1.82, 2.24) is 4.90 Å². The molecule has 0 aliphatic carbocycles. The molecule has 4 rings (SSSR count). The highest BCUT2D eigenvalue weighted by Gasteiger charge is 2.23. The van der Waals surface area contributed by atoms with Crippen LogP contribution in [0.15, 0.2) is 48.5 Å². The summed E-state index contributed by atoms with van der Waals surface area (Å²) in [4.78, 5) is 17.5. The van der Waals surface area contributed by atoms with E-state index in [-0.39, 0.29) is 5.91 Å². The van der Waals surface area contributed by atoms with Crippen molar-refractivity contribution in [2.45, 2.75) is 39.2 Å². The van der Waals surface area contributed by atoms with Crippen molar-refractivity contribution in [2.24, 2.45) is 5.92 Å². The SMILES string of the molecule is CC1CCCN(Cc2ccc(C(=O)N3CCCc4ccccc43)cc2)C1. The van der Waals surface area contributed by atoms with Gasteiger partial charge in [-0.1, -0.05) is 37.3 Å². The molecule has 136 valence electrons. The third-order valence-electron chi connectivity index (χ3n) is 5.70. The molecular weight excluding hydrogens is 320 g/mol. The van der Waals surface area contributed by atoms with E-state index >= 15 is 0 Å². The highest BCUT2D eigenvalue weighted by Crippen LogP contribution is 2.28. The van der Waals surface area contributed by atoms with Gasteiger partial charge in [0.1, 0.15) is 0 Å². The molecule has 3 nitrogen and oxygen atoms in total. The lowest BCUT2D eigenvalue weighted by Crippen LogP contribution is -2.35. The molecule has 1 atom stereocenters. The second-order valence-electron chi connectivity index (χ2n) is 7.87. The van der Waals surface area contributed by atoms with Gasteiger partial charge in [0.05, 0.1) is 0 Å². The van der Waals surface area contributed by atoms with Gasteiger partial charge in [0.15, 0.2) is 0 Å². The Hall–Kier alpha value is -2.13. The molecule has 26 heavy (non-hydrogen) atoms. The Morgan fingerprint density at radius 2 is 1.85 bits per heavy atom. The Morgan fingerprint density at radius 1 is 1.04 bits per heavy atom. The standard InChI is InChI=1S/C23H28N2O/c1-18-6-4-14-24(16-18)17-19-10-12-21(13-11-19)23(26)25-15-5-8-20-7-2-3-9-22(20)25/h2-3,7,9-13,18H,4-6,8,14-17H2,1H3. The number of likely N-dealkylation sites (tertiary alicyclic amines) is 1. The first kappa shape index (κ1) is 17.3. The van der Waals surface area contributed by atoms with Crippen molar-refractivity contribution in [1.29, 1.82) is 0 Å². The fraction of sp³-hybridized carbons (Fsp3) is 0.435. The summed E-state index contributed by atoms with van der Waals surface area (Å²) in [6, 6.07) is 16.5. The topological polar surface area (TPSA) is 23.6 Å².